The van der Waals surface area contributed by atoms with Gasteiger partial charge in [0.05, 0.1) is 28.2 Å². The summed E-state index contributed by atoms with van der Waals surface area (Å²) in [4.78, 5) is 16.7. The van der Waals surface area contributed by atoms with Crippen LogP contribution in [0.2, 0.25) is 5.02 Å². The number of carbonyl (C=O) groups excluding carboxylic acids is 1. The highest BCUT2D eigenvalue weighted by molar-refractivity contribution is 8.41. The van der Waals surface area contributed by atoms with Gasteiger partial charge in [-0.1, -0.05) is 54.2 Å². The number of hydrogen-bond donors (Lipinski definition) is 0. The summed E-state index contributed by atoms with van der Waals surface area (Å²) in [6.45, 7) is 3.75. The lowest BCUT2D eigenvalue weighted by atomic mass is 10.1. The first-order chi connectivity index (χ1) is 15.2. The molecule has 0 atom stereocenters. The molecule has 0 aliphatic carbocycles. The molecule has 2 aromatic carbocycles. The van der Waals surface area contributed by atoms with Gasteiger partial charge in [-0.15, -0.1) is 0 Å². The standard InChI is InChI=1S/C22H17ClF3N3OS2/c1-3-31-21-27-20(30)19(32-21)9-13-4-7-18-16(8-13)12(2)28-29(18)11-14-5-6-15(23)10-17(14)22(24,25)26/h4-10H,3,11H2,1-2H3. The van der Waals surface area contributed by atoms with Crippen molar-refractivity contribution in [3.8, 4) is 0 Å². The summed E-state index contributed by atoms with van der Waals surface area (Å²) in [5, 5.41) is 5.29. The van der Waals surface area contributed by atoms with E-state index in [1.165, 1.54) is 35.7 Å². The van der Waals surface area contributed by atoms with Gasteiger partial charge in [0.1, 0.15) is 4.38 Å². The van der Waals surface area contributed by atoms with Crippen LogP contribution in [0, 0.1) is 6.92 Å². The van der Waals surface area contributed by atoms with Crippen molar-refractivity contribution < 1.29 is 18.0 Å². The zero-order chi connectivity index (χ0) is 23.0. The highest BCUT2D eigenvalue weighted by Gasteiger charge is 2.33. The second-order valence-electron chi connectivity index (χ2n) is 7.05. The number of benzene rings is 2. The number of alkyl halides is 3. The van der Waals surface area contributed by atoms with Gasteiger partial charge in [-0.25, -0.2) is 0 Å². The summed E-state index contributed by atoms with van der Waals surface area (Å²) in [5.41, 5.74) is 1.51. The molecule has 1 amide bonds. The molecule has 1 aromatic heterocycles. The highest BCUT2D eigenvalue weighted by Crippen LogP contribution is 2.36. The van der Waals surface area contributed by atoms with E-state index in [0.29, 0.717) is 16.1 Å². The summed E-state index contributed by atoms with van der Waals surface area (Å²) in [7, 11) is 0. The SMILES string of the molecule is CCSC1=NC(=O)C(=Cc2ccc3c(c2)c(C)nn3Cc2ccc(Cl)cc2C(F)(F)F)S1. The first kappa shape index (κ1) is 22.9. The van der Waals surface area contributed by atoms with Crippen LogP contribution in [0.15, 0.2) is 46.3 Å². The van der Waals surface area contributed by atoms with E-state index in [-0.39, 0.29) is 23.0 Å². The molecule has 0 spiro atoms. The maximum atomic E-state index is 13.5. The second kappa shape index (κ2) is 8.96. The van der Waals surface area contributed by atoms with E-state index in [4.69, 9.17) is 11.6 Å². The lowest BCUT2D eigenvalue weighted by molar-refractivity contribution is -0.138. The van der Waals surface area contributed by atoms with Crippen LogP contribution in [0.25, 0.3) is 17.0 Å². The largest absolute Gasteiger partial charge is 0.416 e. The third-order valence-electron chi connectivity index (χ3n) is 4.82. The van der Waals surface area contributed by atoms with Gasteiger partial charge < -0.3 is 0 Å². The van der Waals surface area contributed by atoms with Crippen LogP contribution >= 0.6 is 35.1 Å². The number of hydrogen-bond acceptors (Lipinski definition) is 4. The van der Waals surface area contributed by atoms with E-state index in [0.717, 1.165) is 27.1 Å². The summed E-state index contributed by atoms with van der Waals surface area (Å²) >= 11 is 8.65. The number of halogens is 4. The Morgan fingerprint density at radius 2 is 2.00 bits per heavy atom. The second-order valence-corrected chi connectivity index (χ2v) is 10.0. The predicted octanol–water partition coefficient (Wildman–Crippen LogP) is 6.79. The molecule has 0 radical (unpaired) electrons. The molecule has 3 aromatic rings. The van der Waals surface area contributed by atoms with Crippen molar-refractivity contribution in [2.24, 2.45) is 4.99 Å². The molecule has 0 saturated carbocycles. The minimum atomic E-state index is -4.51. The molecule has 1 aliphatic rings. The number of carbonyl (C=O) groups is 1. The minimum absolute atomic E-state index is 0.0315. The number of thioether (sulfide) groups is 2. The Morgan fingerprint density at radius 1 is 1.22 bits per heavy atom. The van der Waals surface area contributed by atoms with E-state index < -0.39 is 11.7 Å². The number of aliphatic imine (C=N–C) groups is 1. The van der Waals surface area contributed by atoms with Gasteiger partial charge in [-0.2, -0.15) is 23.3 Å². The molecule has 0 N–H and O–H groups in total. The Labute approximate surface area is 195 Å². The van der Waals surface area contributed by atoms with Crippen LogP contribution in [0.5, 0.6) is 0 Å². The number of nitrogens with zero attached hydrogens (tertiary/aromatic N) is 3. The van der Waals surface area contributed by atoms with Crippen molar-refractivity contribution in [2.75, 3.05) is 5.75 Å². The average molecular weight is 496 g/mol. The van der Waals surface area contributed by atoms with Crippen molar-refractivity contribution in [3.63, 3.8) is 0 Å². The fourth-order valence-corrected chi connectivity index (χ4v) is 5.48. The van der Waals surface area contributed by atoms with Crippen LogP contribution in [-0.4, -0.2) is 25.8 Å². The van der Waals surface area contributed by atoms with Crippen molar-refractivity contribution in [2.45, 2.75) is 26.6 Å². The smallest absolute Gasteiger partial charge is 0.266 e. The van der Waals surface area contributed by atoms with Gasteiger partial charge in [-0.3, -0.25) is 9.48 Å². The molecular formula is C22H17ClF3N3OS2. The Morgan fingerprint density at radius 3 is 2.72 bits per heavy atom. The molecule has 0 unspecified atom stereocenters. The molecule has 10 heteroatoms. The Kier molecular flexibility index (Phi) is 6.42. The molecule has 0 saturated heterocycles. The number of fused-ring (bicyclic) bond motifs is 1. The third-order valence-corrected chi connectivity index (χ3v) is 7.07. The van der Waals surface area contributed by atoms with E-state index in [9.17, 15) is 18.0 Å². The fourth-order valence-electron chi connectivity index (χ4n) is 3.41. The monoisotopic (exact) mass is 495 g/mol. The topological polar surface area (TPSA) is 47.2 Å². The van der Waals surface area contributed by atoms with Gasteiger partial charge in [0, 0.05) is 10.4 Å². The molecular weight excluding hydrogens is 479 g/mol. The lowest BCUT2D eigenvalue weighted by Gasteiger charge is -2.14. The van der Waals surface area contributed by atoms with Crippen molar-refractivity contribution in [1.29, 1.82) is 0 Å². The molecule has 4 nitrogen and oxygen atoms in total. The molecule has 4 rings (SSSR count). The van der Waals surface area contributed by atoms with Crippen LogP contribution in [-0.2, 0) is 17.5 Å². The fraction of sp³-hybridized carbons (Fsp3) is 0.227. The number of aryl methyl sites for hydroxylation is 1. The Hall–Kier alpha value is -2.23. The van der Waals surface area contributed by atoms with Crippen molar-refractivity contribution in [3.05, 3.63) is 68.7 Å². The maximum Gasteiger partial charge on any atom is 0.416 e. The summed E-state index contributed by atoms with van der Waals surface area (Å²) < 4.78 is 42.7. The van der Waals surface area contributed by atoms with Gasteiger partial charge in [0.25, 0.3) is 5.91 Å². The number of rotatable bonds is 4. The van der Waals surface area contributed by atoms with E-state index >= 15 is 0 Å². The van der Waals surface area contributed by atoms with Crippen LogP contribution in [0.1, 0.15) is 29.3 Å². The third kappa shape index (κ3) is 4.74. The van der Waals surface area contributed by atoms with Crippen LogP contribution in [0.3, 0.4) is 0 Å². The normalized spacial score (nSPS) is 15.8. The minimum Gasteiger partial charge on any atom is -0.266 e. The Balaban J connectivity index is 1.66. The van der Waals surface area contributed by atoms with Gasteiger partial charge in [0.2, 0.25) is 0 Å². The van der Waals surface area contributed by atoms with Crippen LogP contribution in [0.4, 0.5) is 13.2 Å². The molecule has 166 valence electrons. The number of amides is 1. The maximum absolute atomic E-state index is 13.5. The van der Waals surface area contributed by atoms with E-state index in [1.807, 2.05) is 19.1 Å². The number of aromatic nitrogens is 2. The molecule has 32 heavy (non-hydrogen) atoms. The van der Waals surface area contributed by atoms with Gasteiger partial charge in [0.15, 0.2) is 0 Å². The first-order valence-electron chi connectivity index (χ1n) is 9.64. The van der Waals surface area contributed by atoms with Crippen LogP contribution < -0.4 is 0 Å². The lowest BCUT2D eigenvalue weighted by Crippen LogP contribution is -2.12. The first-order valence-corrected chi connectivity index (χ1v) is 11.8. The molecule has 0 bridgehead atoms. The predicted molar refractivity (Wildman–Crippen MR) is 126 cm³/mol. The van der Waals surface area contributed by atoms with Crippen molar-refractivity contribution in [1.82, 2.24) is 9.78 Å². The zero-order valence-electron chi connectivity index (χ0n) is 17.0. The van der Waals surface area contributed by atoms with Gasteiger partial charge in [-0.05, 0) is 54.1 Å². The van der Waals surface area contributed by atoms with Crippen molar-refractivity contribution >= 4 is 62.4 Å². The average Bonchev–Trinajstić information content (AvgIpc) is 3.22. The summed E-state index contributed by atoms with van der Waals surface area (Å²) in [5.74, 6) is 0.571. The summed E-state index contributed by atoms with van der Waals surface area (Å²) in [6, 6.07) is 9.26. The Bertz CT molecular complexity index is 1280. The molecule has 2 heterocycles. The quantitative estimate of drug-likeness (QED) is 0.374. The summed E-state index contributed by atoms with van der Waals surface area (Å²) in [6.07, 6.45) is -2.74. The van der Waals surface area contributed by atoms with E-state index in [2.05, 4.69) is 10.1 Å². The van der Waals surface area contributed by atoms with Gasteiger partial charge >= 0.3 is 6.18 Å². The molecule has 0 fully saturated rings. The highest BCUT2D eigenvalue weighted by atomic mass is 35.5. The van der Waals surface area contributed by atoms with E-state index in [1.54, 1.807) is 23.7 Å². The molecule has 1 aliphatic heterocycles. The zero-order valence-corrected chi connectivity index (χ0v) is 19.4.